The summed E-state index contributed by atoms with van der Waals surface area (Å²) in [6, 6.07) is 6.94. The summed E-state index contributed by atoms with van der Waals surface area (Å²) in [6.45, 7) is 1.02. The second kappa shape index (κ2) is 7.45. The number of carboxylic acid groups (broad SMARTS) is 1. The van der Waals surface area contributed by atoms with Crippen LogP contribution in [0.25, 0.3) is 0 Å². The van der Waals surface area contributed by atoms with E-state index in [2.05, 4.69) is 0 Å². The zero-order valence-corrected chi connectivity index (χ0v) is 10.3. The highest BCUT2D eigenvalue weighted by atomic mass is 16.5. The number of benzene rings is 1. The van der Waals surface area contributed by atoms with Gasteiger partial charge in [0, 0.05) is 18.0 Å². The molecule has 1 rings (SSSR count). The van der Waals surface area contributed by atoms with Crippen molar-refractivity contribution in [2.24, 2.45) is 0 Å². The maximum atomic E-state index is 11.8. The van der Waals surface area contributed by atoms with Gasteiger partial charge < -0.3 is 20.0 Å². The van der Waals surface area contributed by atoms with Crippen LogP contribution in [0.3, 0.4) is 0 Å². The van der Waals surface area contributed by atoms with Gasteiger partial charge in [0.25, 0.3) is 0 Å². The van der Waals surface area contributed by atoms with Crippen molar-refractivity contribution < 1.29 is 24.7 Å². The Morgan fingerprint density at radius 3 is 2.33 bits per heavy atom. The minimum absolute atomic E-state index is 0.0106. The van der Waals surface area contributed by atoms with E-state index in [4.69, 9.17) is 4.74 Å². The standard InChI is InChI=1S/C13H17NO4/c1-18-11-4-2-10(3-5-11)12(15)6-8-14-9-7-13(16)17/h2-5,14H,6-9H2,1H3,(H,16,17). The van der Waals surface area contributed by atoms with Crippen LogP contribution in [-0.4, -0.2) is 32.0 Å². The van der Waals surface area contributed by atoms with Gasteiger partial charge in [0.1, 0.15) is 5.75 Å². The van der Waals surface area contributed by atoms with Crippen molar-refractivity contribution in [3.05, 3.63) is 29.8 Å². The molecule has 0 aliphatic rings. The lowest BCUT2D eigenvalue weighted by Gasteiger charge is -2.04. The highest BCUT2D eigenvalue weighted by Crippen LogP contribution is 2.12. The van der Waals surface area contributed by atoms with Crippen LogP contribution >= 0.6 is 0 Å². The lowest BCUT2D eigenvalue weighted by molar-refractivity contribution is -0.653. The van der Waals surface area contributed by atoms with Gasteiger partial charge in [-0.2, -0.15) is 0 Å². The summed E-state index contributed by atoms with van der Waals surface area (Å²) < 4.78 is 5.01. The molecule has 0 aromatic heterocycles. The minimum atomic E-state index is -1.06. The molecular formula is C13H17NO4. The second-order valence-corrected chi connectivity index (χ2v) is 3.89. The molecule has 18 heavy (non-hydrogen) atoms. The normalized spacial score (nSPS) is 10.1. The van der Waals surface area contributed by atoms with Gasteiger partial charge in [-0.15, -0.1) is 0 Å². The number of methoxy groups -OCH3 is 1. The van der Waals surface area contributed by atoms with Gasteiger partial charge in [-0.3, -0.25) is 4.79 Å². The summed E-state index contributed by atoms with van der Waals surface area (Å²) in [6.07, 6.45) is 0.399. The molecule has 0 unspecified atom stereocenters. The number of carboxylic acids is 1. The molecule has 0 fully saturated rings. The molecule has 0 aliphatic carbocycles. The fourth-order valence-electron chi connectivity index (χ4n) is 1.52. The summed E-state index contributed by atoms with van der Waals surface area (Å²) in [5, 5.41) is 12.0. The van der Waals surface area contributed by atoms with E-state index in [1.54, 1.807) is 36.7 Å². The van der Waals surface area contributed by atoms with Gasteiger partial charge in [0.2, 0.25) is 0 Å². The quantitative estimate of drug-likeness (QED) is 0.473. The molecule has 0 heterocycles. The van der Waals surface area contributed by atoms with Crippen LogP contribution < -0.4 is 15.2 Å². The number of ketones is 1. The number of hydrogen-bond acceptors (Lipinski definition) is 4. The molecule has 98 valence electrons. The average molecular weight is 251 g/mol. The molecule has 1 aromatic rings. The maximum absolute atomic E-state index is 11.8. The first kappa shape index (κ1) is 14.2. The molecule has 5 heteroatoms. The highest BCUT2D eigenvalue weighted by Gasteiger charge is 2.06. The van der Waals surface area contributed by atoms with Crippen molar-refractivity contribution in [3.8, 4) is 5.75 Å². The van der Waals surface area contributed by atoms with Crippen molar-refractivity contribution >= 4 is 11.8 Å². The van der Waals surface area contributed by atoms with E-state index in [9.17, 15) is 14.7 Å². The number of quaternary nitrogens is 1. The molecule has 0 amide bonds. The Morgan fingerprint density at radius 2 is 1.78 bits per heavy atom. The van der Waals surface area contributed by atoms with Crippen molar-refractivity contribution in [1.82, 2.24) is 0 Å². The van der Waals surface area contributed by atoms with E-state index in [1.165, 1.54) is 0 Å². The Morgan fingerprint density at radius 1 is 1.17 bits per heavy atom. The molecule has 0 aliphatic heterocycles. The molecular weight excluding hydrogens is 234 g/mol. The second-order valence-electron chi connectivity index (χ2n) is 3.89. The smallest absolute Gasteiger partial charge is 0.168 e. The van der Waals surface area contributed by atoms with Crippen LogP contribution in [0.1, 0.15) is 23.2 Å². The molecule has 5 nitrogen and oxygen atoms in total. The Balaban J connectivity index is 2.29. The van der Waals surface area contributed by atoms with Gasteiger partial charge in [0.15, 0.2) is 5.78 Å². The molecule has 0 atom stereocenters. The van der Waals surface area contributed by atoms with Crippen molar-refractivity contribution in [1.29, 1.82) is 0 Å². The molecule has 0 bridgehead atoms. The number of carbonyl (C=O) groups excluding carboxylic acids is 2. The van der Waals surface area contributed by atoms with Gasteiger partial charge in [-0.25, -0.2) is 0 Å². The largest absolute Gasteiger partial charge is 0.550 e. The van der Waals surface area contributed by atoms with E-state index in [-0.39, 0.29) is 12.2 Å². The van der Waals surface area contributed by atoms with E-state index in [0.717, 1.165) is 0 Å². The van der Waals surface area contributed by atoms with Crippen molar-refractivity contribution in [3.63, 3.8) is 0 Å². The monoisotopic (exact) mass is 251 g/mol. The highest BCUT2D eigenvalue weighted by molar-refractivity contribution is 5.96. The summed E-state index contributed by atoms with van der Waals surface area (Å²) in [5.41, 5.74) is 0.643. The lowest BCUT2D eigenvalue weighted by atomic mass is 10.1. The summed E-state index contributed by atoms with van der Waals surface area (Å²) >= 11 is 0. The Bertz CT molecular complexity index is 400. The van der Waals surface area contributed by atoms with Crippen LogP contribution in [0, 0.1) is 0 Å². The van der Waals surface area contributed by atoms with E-state index >= 15 is 0 Å². The first-order chi connectivity index (χ1) is 8.63. The Labute approximate surface area is 106 Å². The molecule has 1 aromatic carbocycles. The van der Waals surface area contributed by atoms with E-state index in [1.807, 2.05) is 0 Å². The SMILES string of the molecule is COc1ccc(C(=O)CC[NH2+]CCC(=O)[O-])cc1. The number of aliphatic carboxylic acids is 1. The average Bonchev–Trinajstić information content (AvgIpc) is 2.38. The number of ether oxygens (including phenoxy) is 1. The van der Waals surface area contributed by atoms with Gasteiger partial charge in [-0.05, 0) is 24.3 Å². The predicted octanol–water partition coefficient (Wildman–Crippen LogP) is -1.03. The third-order valence-electron chi connectivity index (χ3n) is 2.54. The number of nitrogens with two attached hydrogens (primary N) is 1. The van der Waals surface area contributed by atoms with Crippen LogP contribution in [0.4, 0.5) is 0 Å². The molecule has 0 radical (unpaired) electrons. The number of hydrogen-bond donors (Lipinski definition) is 1. The first-order valence-corrected chi connectivity index (χ1v) is 5.82. The van der Waals surface area contributed by atoms with Crippen LogP contribution in [0.2, 0.25) is 0 Å². The van der Waals surface area contributed by atoms with Crippen LogP contribution in [0.5, 0.6) is 5.75 Å². The van der Waals surface area contributed by atoms with E-state index in [0.29, 0.717) is 30.8 Å². The van der Waals surface area contributed by atoms with Crippen molar-refractivity contribution in [2.75, 3.05) is 20.2 Å². The van der Waals surface area contributed by atoms with Crippen molar-refractivity contribution in [2.45, 2.75) is 12.8 Å². The first-order valence-electron chi connectivity index (χ1n) is 5.82. The maximum Gasteiger partial charge on any atom is 0.168 e. The zero-order valence-electron chi connectivity index (χ0n) is 10.3. The number of rotatable bonds is 8. The Kier molecular flexibility index (Phi) is 5.87. The van der Waals surface area contributed by atoms with Crippen LogP contribution in [0.15, 0.2) is 24.3 Å². The summed E-state index contributed by atoms with van der Waals surface area (Å²) in [5.74, 6) is -0.304. The van der Waals surface area contributed by atoms with Gasteiger partial charge in [0.05, 0.1) is 26.6 Å². The third-order valence-corrected chi connectivity index (χ3v) is 2.54. The molecule has 2 N–H and O–H groups in total. The minimum Gasteiger partial charge on any atom is -0.550 e. The topological polar surface area (TPSA) is 83.0 Å². The summed E-state index contributed by atoms with van der Waals surface area (Å²) in [7, 11) is 1.57. The molecule has 0 saturated heterocycles. The Hall–Kier alpha value is -1.88. The zero-order chi connectivity index (χ0) is 13.4. The molecule has 0 spiro atoms. The fraction of sp³-hybridized carbons (Fsp3) is 0.385. The lowest BCUT2D eigenvalue weighted by Crippen LogP contribution is -2.84. The van der Waals surface area contributed by atoms with Crippen LogP contribution in [-0.2, 0) is 4.79 Å². The van der Waals surface area contributed by atoms with Gasteiger partial charge in [-0.1, -0.05) is 0 Å². The summed E-state index contributed by atoms with van der Waals surface area (Å²) in [4.78, 5) is 21.9. The number of carbonyl (C=O) groups is 2. The van der Waals surface area contributed by atoms with E-state index < -0.39 is 5.97 Å². The van der Waals surface area contributed by atoms with Gasteiger partial charge >= 0.3 is 0 Å². The molecule has 0 saturated carbocycles. The number of Topliss-reactive ketones (excluding diaryl/α,β-unsaturated/α-hetero) is 1. The predicted molar refractivity (Wildman–Crippen MR) is 63.2 cm³/mol. The third kappa shape index (κ3) is 4.97. The fourth-order valence-corrected chi connectivity index (χ4v) is 1.52.